The molecular weight excluding hydrogens is 324 g/mol. The first kappa shape index (κ1) is 16.3. The average Bonchev–Trinajstić information content (AvgIpc) is 2.64. The van der Waals surface area contributed by atoms with Crippen molar-refractivity contribution in [2.24, 2.45) is 23.2 Å². The Kier molecular flexibility index (Phi) is 3.84. The summed E-state index contributed by atoms with van der Waals surface area (Å²) in [5.74, 6) is 2.46. The Hall–Kier alpha value is -1.84. The predicted octanol–water partition coefficient (Wildman–Crippen LogP) is 2.90. The van der Waals surface area contributed by atoms with E-state index in [1.54, 1.807) is 0 Å². The van der Waals surface area contributed by atoms with Crippen molar-refractivity contribution in [2.75, 3.05) is 13.1 Å². The largest absolute Gasteiger partial charge is 0.347 e. The smallest absolute Gasteiger partial charge is 0.242 e. The van der Waals surface area contributed by atoms with Crippen LogP contribution in [0.25, 0.3) is 0 Å². The van der Waals surface area contributed by atoms with E-state index in [1.165, 1.54) is 30.4 Å². The van der Waals surface area contributed by atoms with Crippen molar-refractivity contribution in [2.45, 2.75) is 51.5 Å². The van der Waals surface area contributed by atoms with Crippen LogP contribution < -0.4 is 5.32 Å². The van der Waals surface area contributed by atoms with E-state index in [1.807, 2.05) is 11.0 Å². The Labute approximate surface area is 155 Å². The highest BCUT2D eigenvalue weighted by Gasteiger charge is 2.54. The van der Waals surface area contributed by atoms with Gasteiger partial charge in [0.15, 0.2) is 0 Å². The molecule has 4 fully saturated rings. The summed E-state index contributed by atoms with van der Waals surface area (Å²) >= 11 is 0. The van der Waals surface area contributed by atoms with Crippen LogP contribution in [0.5, 0.6) is 0 Å². The Morgan fingerprint density at radius 2 is 1.62 bits per heavy atom. The fourth-order valence-corrected chi connectivity index (χ4v) is 6.55. The van der Waals surface area contributed by atoms with Crippen LogP contribution in [0.3, 0.4) is 0 Å². The second-order valence-corrected chi connectivity index (χ2v) is 9.21. The molecule has 1 N–H and O–H groups in total. The van der Waals surface area contributed by atoms with Crippen LogP contribution in [0.4, 0.5) is 0 Å². The first-order chi connectivity index (χ1) is 12.6. The zero-order chi connectivity index (χ0) is 17.7. The van der Waals surface area contributed by atoms with Gasteiger partial charge in [0, 0.05) is 18.5 Å². The summed E-state index contributed by atoms with van der Waals surface area (Å²) in [6.07, 6.45) is 8.06. The molecule has 4 bridgehead atoms. The lowest BCUT2D eigenvalue weighted by molar-refractivity contribution is -0.148. The number of hydrogen-bond donors (Lipinski definition) is 1. The monoisotopic (exact) mass is 352 g/mol. The number of carbonyl (C=O) groups excluding carboxylic acids is 2. The number of nitrogens with zero attached hydrogens (tertiary/aromatic N) is 1. The molecule has 4 heteroatoms. The van der Waals surface area contributed by atoms with Gasteiger partial charge in [0.05, 0.1) is 6.54 Å². The van der Waals surface area contributed by atoms with Gasteiger partial charge in [-0.25, -0.2) is 0 Å². The van der Waals surface area contributed by atoms with E-state index in [-0.39, 0.29) is 23.8 Å². The van der Waals surface area contributed by atoms with Crippen molar-refractivity contribution >= 4 is 11.8 Å². The van der Waals surface area contributed by atoms with Gasteiger partial charge in [-0.2, -0.15) is 0 Å². The summed E-state index contributed by atoms with van der Waals surface area (Å²) in [5.41, 5.74) is 2.41. The van der Waals surface area contributed by atoms with Gasteiger partial charge in [-0.15, -0.1) is 0 Å². The third-order valence-electron chi connectivity index (χ3n) is 7.40. The average molecular weight is 352 g/mol. The first-order valence-electron chi connectivity index (χ1n) is 10.2. The van der Waals surface area contributed by atoms with E-state index in [0.29, 0.717) is 6.54 Å². The van der Waals surface area contributed by atoms with Gasteiger partial charge in [0.2, 0.25) is 11.8 Å². The molecule has 26 heavy (non-hydrogen) atoms. The molecule has 4 aliphatic carbocycles. The quantitative estimate of drug-likeness (QED) is 0.909. The lowest BCUT2D eigenvalue weighted by Crippen LogP contribution is -2.55. The van der Waals surface area contributed by atoms with Crippen LogP contribution in [0.2, 0.25) is 0 Å². The Morgan fingerprint density at radius 3 is 2.27 bits per heavy atom. The molecule has 4 saturated carbocycles. The lowest BCUT2D eigenvalue weighted by Gasteiger charge is -2.55. The zero-order valence-corrected chi connectivity index (χ0v) is 15.4. The molecule has 0 atom stereocenters. The molecular formula is C22H28N2O2. The van der Waals surface area contributed by atoms with E-state index in [0.717, 1.165) is 50.0 Å². The molecule has 1 aromatic rings. The molecule has 2 amide bonds. The minimum atomic E-state index is -0.163. The van der Waals surface area contributed by atoms with E-state index in [4.69, 9.17) is 0 Å². The van der Waals surface area contributed by atoms with E-state index in [2.05, 4.69) is 23.5 Å². The van der Waals surface area contributed by atoms with Gasteiger partial charge in [0.1, 0.15) is 0 Å². The van der Waals surface area contributed by atoms with Gasteiger partial charge in [0.25, 0.3) is 0 Å². The number of nitrogens with one attached hydrogen (secondary N) is 1. The molecule has 0 saturated heterocycles. The fraction of sp³-hybridized carbons (Fsp3) is 0.636. The highest BCUT2D eigenvalue weighted by atomic mass is 16.2. The molecule has 0 unspecified atom stereocenters. The standard InChI is InChI=1S/C22H28N2O2/c25-20(24-6-5-18-3-1-2-4-19(18)14-24)13-23-21(26)22-10-15-7-16(11-22)9-17(8-15)12-22/h1-4,15-17H,5-14H2,(H,23,26). The van der Waals surface area contributed by atoms with E-state index < -0.39 is 0 Å². The third kappa shape index (κ3) is 2.74. The van der Waals surface area contributed by atoms with Gasteiger partial charge in [-0.1, -0.05) is 24.3 Å². The van der Waals surface area contributed by atoms with Gasteiger partial charge >= 0.3 is 0 Å². The van der Waals surface area contributed by atoms with Gasteiger partial charge < -0.3 is 10.2 Å². The van der Waals surface area contributed by atoms with Crippen LogP contribution in [-0.2, 0) is 22.6 Å². The number of fused-ring (bicyclic) bond motifs is 1. The van der Waals surface area contributed by atoms with Gasteiger partial charge in [-0.05, 0) is 73.8 Å². The first-order valence-corrected chi connectivity index (χ1v) is 10.2. The topological polar surface area (TPSA) is 49.4 Å². The molecule has 0 radical (unpaired) electrons. The van der Waals surface area contributed by atoms with Crippen LogP contribution in [-0.4, -0.2) is 29.8 Å². The maximum atomic E-state index is 13.0. The van der Waals surface area contributed by atoms with E-state index in [9.17, 15) is 9.59 Å². The SMILES string of the molecule is O=C(CNC(=O)C12CC3CC(CC(C3)C1)C2)N1CCc2ccccc2C1. The zero-order valence-electron chi connectivity index (χ0n) is 15.4. The second kappa shape index (κ2) is 6.11. The number of rotatable bonds is 3. The number of benzene rings is 1. The number of carbonyl (C=O) groups is 2. The molecule has 4 nitrogen and oxygen atoms in total. The minimum absolute atomic E-state index is 0.0533. The maximum Gasteiger partial charge on any atom is 0.242 e. The number of hydrogen-bond acceptors (Lipinski definition) is 2. The maximum absolute atomic E-state index is 13.0. The Morgan fingerprint density at radius 1 is 1.00 bits per heavy atom. The van der Waals surface area contributed by atoms with Crippen LogP contribution >= 0.6 is 0 Å². The lowest BCUT2D eigenvalue weighted by atomic mass is 9.49. The number of amides is 2. The second-order valence-electron chi connectivity index (χ2n) is 9.21. The summed E-state index contributed by atoms with van der Waals surface area (Å²) in [5, 5.41) is 3.03. The highest BCUT2D eigenvalue weighted by molar-refractivity contribution is 5.88. The Bertz CT molecular complexity index is 706. The molecule has 5 aliphatic rings. The van der Waals surface area contributed by atoms with Crippen molar-refractivity contribution in [3.8, 4) is 0 Å². The normalized spacial score (nSPS) is 34.5. The molecule has 1 aromatic carbocycles. The van der Waals surface area contributed by atoms with Crippen molar-refractivity contribution in [3.05, 3.63) is 35.4 Å². The molecule has 0 aromatic heterocycles. The summed E-state index contributed by atoms with van der Waals surface area (Å²) in [6.45, 7) is 1.58. The van der Waals surface area contributed by atoms with Crippen LogP contribution in [0.1, 0.15) is 49.7 Å². The molecule has 138 valence electrons. The summed E-state index contributed by atoms with van der Waals surface area (Å²) in [6, 6.07) is 8.33. The van der Waals surface area contributed by atoms with Crippen molar-refractivity contribution in [1.29, 1.82) is 0 Å². The van der Waals surface area contributed by atoms with E-state index >= 15 is 0 Å². The van der Waals surface area contributed by atoms with Crippen LogP contribution in [0.15, 0.2) is 24.3 Å². The predicted molar refractivity (Wildman–Crippen MR) is 99.2 cm³/mol. The fourth-order valence-electron chi connectivity index (χ4n) is 6.55. The van der Waals surface area contributed by atoms with Crippen molar-refractivity contribution in [3.63, 3.8) is 0 Å². The summed E-state index contributed by atoms with van der Waals surface area (Å²) in [7, 11) is 0. The van der Waals surface area contributed by atoms with Gasteiger partial charge in [-0.3, -0.25) is 9.59 Å². The molecule has 6 rings (SSSR count). The van der Waals surface area contributed by atoms with Crippen molar-refractivity contribution < 1.29 is 9.59 Å². The summed E-state index contributed by atoms with van der Waals surface area (Å²) < 4.78 is 0. The van der Waals surface area contributed by atoms with Crippen molar-refractivity contribution in [1.82, 2.24) is 10.2 Å². The third-order valence-corrected chi connectivity index (χ3v) is 7.40. The summed E-state index contributed by atoms with van der Waals surface area (Å²) in [4.78, 5) is 27.5. The molecule has 0 spiro atoms. The minimum Gasteiger partial charge on any atom is -0.347 e. The molecule has 1 heterocycles. The van der Waals surface area contributed by atoms with Crippen LogP contribution in [0, 0.1) is 23.2 Å². The Balaban J connectivity index is 1.20. The molecule has 1 aliphatic heterocycles. The highest BCUT2D eigenvalue weighted by Crippen LogP contribution is 2.60.